The third kappa shape index (κ3) is 1.59. The summed E-state index contributed by atoms with van der Waals surface area (Å²) >= 11 is 0. The monoisotopic (exact) mass is 196 g/mol. The van der Waals surface area contributed by atoms with Gasteiger partial charge in [0, 0.05) is 26.7 Å². The van der Waals surface area contributed by atoms with Crippen molar-refractivity contribution in [3.05, 3.63) is 0 Å². The molecule has 3 aliphatic heterocycles. The van der Waals surface area contributed by atoms with Crippen LogP contribution in [0.2, 0.25) is 0 Å². The van der Waals surface area contributed by atoms with Crippen molar-refractivity contribution >= 4 is 5.96 Å². The number of hydrogen-bond acceptors (Lipinski definition) is 2. The average Bonchev–Trinajstić information content (AvgIpc) is 2.28. The first kappa shape index (κ1) is 9.77. The summed E-state index contributed by atoms with van der Waals surface area (Å²) in [6, 6.07) is 0.584. The maximum atomic E-state index is 5.84. The van der Waals surface area contributed by atoms with Crippen molar-refractivity contribution in [2.24, 2.45) is 16.6 Å². The van der Waals surface area contributed by atoms with Gasteiger partial charge in [0.2, 0.25) is 0 Å². The molecule has 4 nitrogen and oxygen atoms in total. The van der Waals surface area contributed by atoms with Crippen molar-refractivity contribution in [3.8, 4) is 0 Å². The Hall–Kier alpha value is -0.770. The largest absolute Gasteiger partial charge is 0.370 e. The molecule has 1 atom stereocenters. The minimum absolute atomic E-state index is 0.584. The topological polar surface area (TPSA) is 44.9 Å². The zero-order chi connectivity index (χ0) is 10.1. The Balaban J connectivity index is 2.04. The summed E-state index contributed by atoms with van der Waals surface area (Å²) in [5.74, 6) is 1.49. The van der Waals surface area contributed by atoms with E-state index in [2.05, 4.69) is 21.8 Å². The van der Waals surface area contributed by atoms with Crippen LogP contribution in [-0.4, -0.2) is 55.5 Å². The van der Waals surface area contributed by atoms with Crippen LogP contribution < -0.4 is 5.73 Å². The molecule has 3 fully saturated rings. The van der Waals surface area contributed by atoms with Gasteiger partial charge < -0.3 is 15.5 Å². The fourth-order valence-electron chi connectivity index (χ4n) is 2.70. The van der Waals surface area contributed by atoms with Gasteiger partial charge in [0.25, 0.3) is 0 Å². The maximum absolute atomic E-state index is 5.84. The third-order valence-corrected chi connectivity index (χ3v) is 3.71. The van der Waals surface area contributed by atoms with Crippen molar-refractivity contribution in [3.63, 3.8) is 0 Å². The average molecular weight is 196 g/mol. The van der Waals surface area contributed by atoms with E-state index in [1.807, 2.05) is 0 Å². The van der Waals surface area contributed by atoms with Gasteiger partial charge in [-0.25, -0.2) is 0 Å². The second kappa shape index (κ2) is 3.77. The summed E-state index contributed by atoms with van der Waals surface area (Å²) in [7, 11) is 3.82. The van der Waals surface area contributed by atoms with E-state index < -0.39 is 0 Å². The highest BCUT2D eigenvalue weighted by Gasteiger charge is 2.36. The van der Waals surface area contributed by atoms with Gasteiger partial charge in [0.05, 0.1) is 0 Å². The smallest absolute Gasteiger partial charge is 0.191 e. The Labute approximate surface area is 85.8 Å². The fourth-order valence-corrected chi connectivity index (χ4v) is 2.70. The van der Waals surface area contributed by atoms with Gasteiger partial charge in [-0.05, 0) is 31.8 Å². The van der Waals surface area contributed by atoms with E-state index >= 15 is 0 Å². The lowest BCUT2D eigenvalue weighted by molar-refractivity contribution is 0.0417. The van der Waals surface area contributed by atoms with Gasteiger partial charge in [-0.1, -0.05) is 0 Å². The van der Waals surface area contributed by atoms with E-state index in [1.54, 1.807) is 7.05 Å². The highest BCUT2D eigenvalue weighted by molar-refractivity contribution is 5.78. The summed E-state index contributed by atoms with van der Waals surface area (Å²) in [6.45, 7) is 3.72. The molecule has 14 heavy (non-hydrogen) atoms. The molecule has 2 bridgehead atoms. The first-order chi connectivity index (χ1) is 6.72. The first-order valence-electron chi connectivity index (χ1n) is 5.40. The van der Waals surface area contributed by atoms with Crippen LogP contribution in [0.3, 0.4) is 0 Å². The number of nitrogens with two attached hydrogens (primary N) is 1. The van der Waals surface area contributed by atoms with E-state index in [4.69, 9.17) is 5.73 Å². The molecule has 4 heteroatoms. The normalized spacial score (nSPS) is 37.3. The molecule has 0 saturated carbocycles. The summed E-state index contributed by atoms with van der Waals surface area (Å²) in [4.78, 5) is 8.73. The van der Waals surface area contributed by atoms with E-state index in [9.17, 15) is 0 Å². The predicted octanol–water partition coefficient (Wildman–Crippen LogP) is -0.0431. The summed E-state index contributed by atoms with van der Waals surface area (Å²) in [6.07, 6.45) is 2.65. The molecule has 3 aliphatic rings. The molecule has 0 aromatic rings. The van der Waals surface area contributed by atoms with Gasteiger partial charge in [-0.15, -0.1) is 0 Å². The number of hydrogen-bond donors (Lipinski definition) is 1. The van der Waals surface area contributed by atoms with Gasteiger partial charge in [0.15, 0.2) is 5.96 Å². The number of aliphatic imine (C=N–C) groups is 1. The van der Waals surface area contributed by atoms with Crippen LogP contribution in [0, 0.1) is 5.92 Å². The summed E-state index contributed by atoms with van der Waals surface area (Å²) in [5.41, 5.74) is 5.84. The highest BCUT2D eigenvalue weighted by Crippen LogP contribution is 2.30. The maximum Gasteiger partial charge on any atom is 0.191 e. The Kier molecular flexibility index (Phi) is 2.63. The molecule has 2 N–H and O–H groups in total. The first-order valence-corrected chi connectivity index (χ1v) is 5.40. The highest BCUT2D eigenvalue weighted by atomic mass is 15.3. The molecule has 0 aromatic heterocycles. The quantitative estimate of drug-likeness (QED) is 0.473. The van der Waals surface area contributed by atoms with Crippen LogP contribution in [-0.2, 0) is 0 Å². The van der Waals surface area contributed by atoms with Crippen LogP contribution in [0.15, 0.2) is 4.99 Å². The standard InChI is InChI=1S/C10H20N4/c1-12-10(11)13(2)9-7-14-5-3-8(9)4-6-14/h8-9H,3-7H2,1-2H3,(H2,11,12). The van der Waals surface area contributed by atoms with Crippen LogP contribution in [0.4, 0.5) is 0 Å². The second-order valence-electron chi connectivity index (χ2n) is 4.40. The summed E-state index contributed by atoms with van der Waals surface area (Å²) < 4.78 is 0. The zero-order valence-electron chi connectivity index (χ0n) is 9.11. The Morgan fingerprint density at radius 2 is 2.07 bits per heavy atom. The lowest BCUT2D eigenvalue weighted by atomic mass is 9.83. The Morgan fingerprint density at radius 3 is 2.50 bits per heavy atom. The molecule has 3 saturated heterocycles. The fraction of sp³-hybridized carbons (Fsp3) is 0.900. The number of likely N-dealkylation sites (N-methyl/N-ethyl adjacent to an activating group) is 1. The van der Waals surface area contributed by atoms with Gasteiger partial charge in [-0.3, -0.25) is 4.99 Å². The SMILES string of the molecule is CN=C(N)N(C)C1CN2CCC1CC2. The number of fused-ring (bicyclic) bond motifs is 3. The van der Waals surface area contributed by atoms with Crippen LogP contribution in [0.25, 0.3) is 0 Å². The van der Waals surface area contributed by atoms with Crippen LogP contribution in [0.5, 0.6) is 0 Å². The van der Waals surface area contributed by atoms with Crippen molar-refractivity contribution < 1.29 is 0 Å². The number of rotatable bonds is 1. The molecule has 0 aliphatic carbocycles. The van der Waals surface area contributed by atoms with Gasteiger partial charge in [0.1, 0.15) is 0 Å². The molecule has 3 rings (SSSR count). The molecule has 0 aromatic carbocycles. The molecule has 1 unspecified atom stereocenters. The lowest BCUT2D eigenvalue weighted by Gasteiger charge is -2.48. The van der Waals surface area contributed by atoms with Crippen LogP contribution >= 0.6 is 0 Å². The Bertz CT molecular complexity index is 230. The predicted molar refractivity (Wildman–Crippen MR) is 58.3 cm³/mol. The molecule has 0 radical (unpaired) electrons. The van der Waals surface area contributed by atoms with E-state index in [0.717, 1.165) is 12.5 Å². The molecule has 80 valence electrons. The second-order valence-corrected chi connectivity index (χ2v) is 4.40. The third-order valence-electron chi connectivity index (χ3n) is 3.71. The molecular weight excluding hydrogens is 176 g/mol. The van der Waals surface area contributed by atoms with Gasteiger partial charge >= 0.3 is 0 Å². The number of guanidine groups is 1. The minimum atomic E-state index is 0.584. The van der Waals surface area contributed by atoms with E-state index in [1.165, 1.54) is 25.9 Å². The van der Waals surface area contributed by atoms with Gasteiger partial charge in [-0.2, -0.15) is 0 Å². The Morgan fingerprint density at radius 1 is 1.43 bits per heavy atom. The molecule has 3 heterocycles. The lowest BCUT2D eigenvalue weighted by Crippen LogP contribution is -2.58. The molecular formula is C10H20N4. The molecule has 0 spiro atoms. The van der Waals surface area contributed by atoms with Crippen molar-refractivity contribution in [1.29, 1.82) is 0 Å². The van der Waals surface area contributed by atoms with E-state index in [0.29, 0.717) is 12.0 Å². The van der Waals surface area contributed by atoms with E-state index in [-0.39, 0.29) is 0 Å². The van der Waals surface area contributed by atoms with Crippen LogP contribution in [0.1, 0.15) is 12.8 Å². The molecule has 0 amide bonds. The zero-order valence-corrected chi connectivity index (χ0v) is 9.11. The summed E-state index contributed by atoms with van der Waals surface area (Å²) in [5, 5.41) is 0. The van der Waals surface area contributed by atoms with Crippen molar-refractivity contribution in [2.45, 2.75) is 18.9 Å². The number of nitrogens with zero attached hydrogens (tertiary/aromatic N) is 3. The van der Waals surface area contributed by atoms with Crippen molar-refractivity contribution in [2.75, 3.05) is 33.7 Å². The number of piperidine rings is 3. The van der Waals surface area contributed by atoms with Crippen molar-refractivity contribution in [1.82, 2.24) is 9.80 Å². The minimum Gasteiger partial charge on any atom is -0.370 e.